The van der Waals surface area contributed by atoms with Gasteiger partial charge >= 0.3 is 0 Å². The summed E-state index contributed by atoms with van der Waals surface area (Å²) in [4.78, 5) is 16.6. The van der Waals surface area contributed by atoms with E-state index in [1.54, 1.807) is 43.0 Å². The fourth-order valence-electron chi connectivity index (χ4n) is 3.38. The maximum atomic E-state index is 13.0. The van der Waals surface area contributed by atoms with E-state index in [-0.39, 0.29) is 17.3 Å². The largest absolute Gasteiger partial charge is 0.493 e. The highest BCUT2D eigenvalue weighted by molar-refractivity contribution is 7.99. The molecule has 2 aromatic rings. The van der Waals surface area contributed by atoms with Crippen LogP contribution in [0.5, 0.6) is 11.5 Å². The van der Waals surface area contributed by atoms with Gasteiger partial charge in [0.1, 0.15) is 11.4 Å². The van der Waals surface area contributed by atoms with Crippen molar-refractivity contribution in [1.82, 2.24) is 4.90 Å². The number of carbonyl (C=O) groups excluding carboxylic acids is 1. The van der Waals surface area contributed by atoms with Crippen molar-refractivity contribution in [3.63, 3.8) is 0 Å². The summed E-state index contributed by atoms with van der Waals surface area (Å²) in [5.41, 5.74) is 1.76. The van der Waals surface area contributed by atoms with Gasteiger partial charge in [0.05, 0.1) is 19.9 Å². The summed E-state index contributed by atoms with van der Waals surface area (Å²) < 4.78 is 10.7. The Kier molecular flexibility index (Phi) is 4.92. The molecule has 5 nitrogen and oxygen atoms in total. The molecule has 0 bridgehead atoms. The van der Waals surface area contributed by atoms with Crippen LogP contribution < -0.4 is 14.4 Å². The second-order valence-corrected chi connectivity index (χ2v) is 8.07. The van der Waals surface area contributed by atoms with Crippen LogP contribution in [0.1, 0.15) is 10.9 Å². The summed E-state index contributed by atoms with van der Waals surface area (Å²) in [5.74, 6) is 2.01. The van der Waals surface area contributed by atoms with Crippen LogP contribution in [0.15, 0.2) is 42.5 Å². The number of thiocarbonyl (C=S) groups is 1. The number of methoxy groups -OCH3 is 2. The van der Waals surface area contributed by atoms with E-state index in [1.807, 2.05) is 35.2 Å². The minimum atomic E-state index is -0.267. The lowest BCUT2D eigenvalue weighted by molar-refractivity contribution is -0.119. The number of ether oxygens (including phenoxy) is 2. The van der Waals surface area contributed by atoms with E-state index in [9.17, 15) is 4.79 Å². The third-order valence-electron chi connectivity index (χ3n) is 4.70. The van der Waals surface area contributed by atoms with Crippen molar-refractivity contribution in [2.45, 2.75) is 11.4 Å². The highest BCUT2D eigenvalue weighted by Gasteiger charge is 2.50. The fraction of sp³-hybridized carbons (Fsp3) is 0.263. The normalized spacial score (nSPS) is 21.6. The van der Waals surface area contributed by atoms with Gasteiger partial charge in [0.15, 0.2) is 16.6 Å². The number of hydrogen-bond donors (Lipinski definition) is 0. The summed E-state index contributed by atoms with van der Waals surface area (Å²) >= 11 is 13.4. The highest BCUT2D eigenvalue weighted by atomic mass is 35.5. The Balaban J connectivity index is 1.67. The molecule has 2 saturated heterocycles. The molecule has 2 fully saturated rings. The lowest BCUT2D eigenvalue weighted by atomic mass is 10.1. The first-order valence-electron chi connectivity index (χ1n) is 8.30. The Morgan fingerprint density at radius 3 is 2.48 bits per heavy atom. The van der Waals surface area contributed by atoms with Gasteiger partial charge in [-0.15, -0.1) is 11.8 Å². The molecule has 2 atom stereocenters. The molecule has 2 aliphatic heterocycles. The summed E-state index contributed by atoms with van der Waals surface area (Å²) in [6.45, 7) is 0. The molecule has 0 N–H and O–H groups in total. The minimum Gasteiger partial charge on any atom is -0.493 e. The van der Waals surface area contributed by atoms with Crippen molar-refractivity contribution in [3.8, 4) is 11.5 Å². The van der Waals surface area contributed by atoms with Gasteiger partial charge in [-0.05, 0) is 54.2 Å². The summed E-state index contributed by atoms with van der Waals surface area (Å²) in [5, 5.41) is 1.08. The lowest BCUT2D eigenvalue weighted by Crippen LogP contribution is -2.33. The van der Waals surface area contributed by atoms with Crippen LogP contribution in [-0.4, -0.2) is 41.9 Å². The van der Waals surface area contributed by atoms with Crippen LogP contribution >= 0.6 is 35.6 Å². The predicted molar refractivity (Wildman–Crippen MR) is 112 cm³/mol. The number of thioether (sulfide) groups is 1. The Hall–Kier alpha value is -1.96. The molecule has 0 unspecified atom stereocenters. The molecular weight excluding hydrogens is 404 g/mol. The van der Waals surface area contributed by atoms with Gasteiger partial charge in [0, 0.05) is 10.8 Å². The Morgan fingerprint density at radius 2 is 1.81 bits per heavy atom. The van der Waals surface area contributed by atoms with Crippen molar-refractivity contribution in [3.05, 3.63) is 53.1 Å². The number of benzene rings is 2. The number of nitrogens with zero attached hydrogens (tertiary/aromatic N) is 2. The van der Waals surface area contributed by atoms with Gasteiger partial charge in [0.2, 0.25) is 0 Å². The average Bonchev–Trinajstić information content (AvgIpc) is 3.23. The third kappa shape index (κ3) is 3.03. The number of halogens is 1. The number of carbonyl (C=O) groups is 1. The SMILES string of the molecule is COc1ccc([C@H]2SC[C@H]3C(=O)N(c4ccc(Cl)cc4)C(=S)N23)cc1OC. The first-order valence-corrected chi connectivity index (χ1v) is 10.1. The molecule has 4 rings (SSSR count). The maximum absolute atomic E-state index is 13.0. The van der Waals surface area contributed by atoms with E-state index in [0.717, 1.165) is 11.3 Å². The van der Waals surface area contributed by atoms with Gasteiger partial charge in [-0.1, -0.05) is 17.7 Å². The topological polar surface area (TPSA) is 42.0 Å². The van der Waals surface area contributed by atoms with Crippen molar-refractivity contribution < 1.29 is 14.3 Å². The van der Waals surface area contributed by atoms with Crippen molar-refractivity contribution in [2.75, 3.05) is 24.9 Å². The molecule has 8 heteroatoms. The zero-order valence-corrected chi connectivity index (χ0v) is 17.1. The molecule has 0 saturated carbocycles. The molecule has 0 spiro atoms. The zero-order chi connectivity index (χ0) is 19.1. The second-order valence-electron chi connectivity index (χ2n) is 6.16. The monoisotopic (exact) mass is 420 g/mol. The minimum absolute atomic E-state index is 0.00204. The molecule has 27 heavy (non-hydrogen) atoms. The fourth-order valence-corrected chi connectivity index (χ4v) is 5.41. The number of anilines is 1. The quantitative estimate of drug-likeness (QED) is 0.693. The van der Waals surface area contributed by atoms with Crippen LogP contribution in [0, 0.1) is 0 Å². The van der Waals surface area contributed by atoms with Gasteiger partial charge in [-0.3, -0.25) is 9.69 Å². The maximum Gasteiger partial charge on any atom is 0.257 e. The predicted octanol–water partition coefficient (Wildman–Crippen LogP) is 4.10. The molecule has 2 heterocycles. The van der Waals surface area contributed by atoms with Crippen LogP contribution in [0.2, 0.25) is 5.02 Å². The number of fused-ring (bicyclic) bond motifs is 1. The number of rotatable bonds is 4. The third-order valence-corrected chi connectivity index (χ3v) is 6.66. The van der Waals surface area contributed by atoms with Crippen LogP contribution in [0.25, 0.3) is 0 Å². The molecule has 140 valence electrons. The second kappa shape index (κ2) is 7.22. The van der Waals surface area contributed by atoms with Crippen LogP contribution in [0.4, 0.5) is 5.69 Å². The summed E-state index contributed by atoms with van der Waals surface area (Å²) in [6.07, 6.45) is 0. The van der Waals surface area contributed by atoms with Gasteiger partial charge in [-0.2, -0.15) is 0 Å². The molecule has 0 aromatic heterocycles. The Morgan fingerprint density at radius 1 is 1.11 bits per heavy atom. The standard InChI is InChI=1S/C19H17ClN2O3S2/c1-24-15-8-3-11(9-16(15)25-2)18-22-14(10-27-18)17(23)21(19(22)26)13-6-4-12(20)5-7-13/h3-9,14,18H,10H2,1-2H3/t14-,18+/m0/s1. The first kappa shape index (κ1) is 18.4. The van der Waals surface area contributed by atoms with E-state index in [1.165, 1.54) is 0 Å². The molecule has 2 aromatic carbocycles. The van der Waals surface area contributed by atoms with Crippen LogP contribution in [-0.2, 0) is 4.79 Å². The molecule has 2 aliphatic rings. The summed E-state index contributed by atoms with van der Waals surface area (Å²) in [7, 11) is 3.22. The number of hydrogen-bond acceptors (Lipinski definition) is 5. The van der Waals surface area contributed by atoms with Gasteiger partial charge < -0.3 is 14.4 Å². The van der Waals surface area contributed by atoms with Crippen molar-refractivity contribution in [1.29, 1.82) is 0 Å². The smallest absolute Gasteiger partial charge is 0.257 e. The van der Waals surface area contributed by atoms with E-state index in [0.29, 0.717) is 27.4 Å². The van der Waals surface area contributed by atoms with Crippen molar-refractivity contribution >= 4 is 52.3 Å². The Bertz CT molecular complexity index is 906. The molecular formula is C19H17ClN2O3S2. The van der Waals surface area contributed by atoms with Crippen molar-refractivity contribution in [2.24, 2.45) is 0 Å². The molecule has 0 radical (unpaired) electrons. The van der Waals surface area contributed by atoms with E-state index >= 15 is 0 Å². The van der Waals surface area contributed by atoms with Crippen LogP contribution in [0.3, 0.4) is 0 Å². The van der Waals surface area contributed by atoms with E-state index in [2.05, 4.69) is 0 Å². The zero-order valence-electron chi connectivity index (χ0n) is 14.7. The first-order chi connectivity index (χ1) is 13.0. The van der Waals surface area contributed by atoms with E-state index < -0.39 is 0 Å². The molecule has 1 amide bonds. The van der Waals surface area contributed by atoms with E-state index in [4.69, 9.17) is 33.3 Å². The summed E-state index contributed by atoms with van der Waals surface area (Å²) in [6, 6.07) is 12.7. The highest BCUT2D eigenvalue weighted by Crippen LogP contribution is 2.47. The van der Waals surface area contributed by atoms with Gasteiger partial charge in [0.25, 0.3) is 5.91 Å². The average molecular weight is 421 g/mol. The Labute approximate surface area is 172 Å². The number of amides is 1. The molecule has 0 aliphatic carbocycles. The van der Waals surface area contributed by atoms with Gasteiger partial charge in [-0.25, -0.2) is 0 Å². The lowest BCUT2D eigenvalue weighted by Gasteiger charge is -2.26.